The Morgan fingerprint density at radius 1 is 1.60 bits per heavy atom. The van der Waals surface area contributed by atoms with E-state index in [0.717, 1.165) is 13.1 Å². The third-order valence-corrected chi connectivity index (χ3v) is 2.15. The van der Waals surface area contributed by atoms with Gasteiger partial charge in [-0.05, 0) is 19.4 Å². The number of hydrogen-bond donors (Lipinski definition) is 1. The number of halogens is 1. The monoisotopic (exact) mass is 146 g/mol. The molecule has 2 N–H and O–H groups in total. The van der Waals surface area contributed by atoms with Crippen molar-refractivity contribution in [2.75, 3.05) is 26.8 Å². The Balaban J connectivity index is 2.31. The molecule has 60 valence electrons. The van der Waals surface area contributed by atoms with Gasteiger partial charge in [0, 0.05) is 19.1 Å². The van der Waals surface area contributed by atoms with Crippen LogP contribution < -0.4 is 5.73 Å². The molecule has 10 heavy (non-hydrogen) atoms. The second-order valence-electron chi connectivity index (χ2n) is 3.12. The van der Waals surface area contributed by atoms with Gasteiger partial charge in [-0.15, -0.1) is 0 Å². The van der Waals surface area contributed by atoms with Gasteiger partial charge in [0.25, 0.3) is 0 Å². The van der Waals surface area contributed by atoms with E-state index in [-0.39, 0.29) is 12.7 Å². The quantitative estimate of drug-likeness (QED) is 0.604. The second kappa shape index (κ2) is 3.30. The highest BCUT2D eigenvalue weighted by Crippen LogP contribution is 2.16. The lowest BCUT2D eigenvalue weighted by molar-refractivity contribution is 0.355. The summed E-state index contributed by atoms with van der Waals surface area (Å²) in [5, 5.41) is 0. The summed E-state index contributed by atoms with van der Waals surface area (Å²) in [5.74, 6) is 0.384. The van der Waals surface area contributed by atoms with Crippen molar-refractivity contribution in [3.8, 4) is 0 Å². The molecule has 0 aliphatic carbocycles. The van der Waals surface area contributed by atoms with E-state index in [1.54, 1.807) is 0 Å². The van der Waals surface area contributed by atoms with E-state index < -0.39 is 0 Å². The van der Waals surface area contributed by atoms with Gasteiger partial charge in [-0.2, -0.15) is 0 Å². The molecule has 1 aliphatic heterocycles. The van der Waals surface area contributed by atoms with Crippen molar-refractivity contribution in [3.05, 3.63) is 0 Å². The maximum Gasteiger partial charge on any atom is 0.0898 e. The fraction of sp³-hybridized carbons (Fsp3) is 1.00. The minimum Gasteiger partial charge on any atom is -0.326 e. The average Bonchev–Trinajstić information content (AvgIpc) is 2.13. The van der Waals surface area contributed by atoms with Crippen LogP contribution in [-0.4, -0.2) is 37.8 Å². The Hall–Kier alpha value is -0.150. The Labute approximate surface area is 61.2 Å². The Bertz CT molecular complexity index is 108. The zero-order valence-corrected chi connectivity index (χ0v) is 6.39. The highest BCUT2D eigenvalue weighted by atomic mass is 19.1. The molecule has 0 aromatic rings. The zero-order chi connectivity index (χ0) is 7.56. The first kappa shape index (κ1) is 7.95. The number of rotatable bonds is 2. The highest BCUT2D eigenvalue weighted by Gasteiger charge is 2.26. The highest BCUT2D eigenvalue weighted by molar-refractivity contribution is 4.84. The van der Waals surface area contributed by atoms with Gasteiger partial charge in [-0.1, -0.05) is 0 Å². The van der Waals surface area contributed by atoms with Gasteiger partial charge in [0.15, 0.2) is 0 Å². The Kier molecular flexibility index (Phi) is 2.63. The Morgan fingerprint density at radius 2 is 2.30 bits per heavy atom. The van der Waals surface area contributed by atoms with Crippen LogP contribution in [0.3, 0.4) is 0 Å². The predicted octanol–water partition coefficient (Wildman–Crippen LogP) is 0.235. The number of nitrogens with two attached hydrogens (primary N) is 1. The van der Waals surface area contributed by atoms with Crippen LogP contribution in [0.5, 0.6) is 0 Å². The van der Waals surface area contributed by atoms with Crippen LogP contribution in [-0.2, 0) is 0 Å². The molecule has 0 amide bonds. The van der Waals surface area contributed by atoms with Gasteiger partial charge in [0.2, 0.25) is 0 Å². The maximum atomic E-state index is 11.9. The minimum absolute atomic E-state index is 0.195. The van der Waals surface area contributed by atoms with Crippen molar-refractivity contribution in [1.82, 2.24) is 4.90 Å². The molecule has 1 saturated heterocycles. The van der Waals surface area contributed by atoms with Gasteiger partial charge in [-0.3, -0.25) is 4.39 Å². The number of hydrogen-bond acceptors (Lipinski definition) is 2. The average molecular weight is 146 g/mol. The second-order valence-corrected chi connectivity index (χ2v) is 3.12. The van der Waals surface area contributed by atoms with E-state index in [0.29, 0.717) is 12.3 Å². The number of alkyl halides is 1. The summed E-state index contributed by atoms with van der Waals surface area (Å²) >= 11 is 0. The predicted molar refractivity (Wildman–Crippen MR) is 39.6 cm³/mol. The van der Waals surface area contributed by atoms with E-state index in [1.165, 1.54) is 0 Å². The SMILES string of the molecule is CN1CC(N)C(CCF)C1. The van der Waals surface area contributed by atoms with Gasteiger partial charge >= 0.3 is 0 Å². The normalized spacial score (nSPS) is 35.1. The summed E-state index contributed by atoms with van der Waals surface area (Å²) in [6.45, 7) is 1.65. The molecule has 0 spiro atoms. The fourth-order valence-corrected chi connectivity index (χ4v) is 1.56. The lowest BCUT2D eigenvalue weighted by Gasteiger charge is -2.10. The molecule has 0 radical (unpaired) electrons. The van der Waals surface area contributed by atoms with Crippen LogP contribution in [0.2, 0.25) is 0 Å². The van der Waals surface area contributed by atoms with Crippen molar-refractivity contribution < 1.29 is 4.39 Å². The molecule has 2 atom stereocenters. The minimum atomic E-state index is -0.230. The van der Waals surface area contributed by atoms with E-state index >= 15 is 0 Å². The van der Waals surface area contributed by atoms with Crippen molar-refractivity contribution in [2.24, 2.45) is 11.7 Å². The molecule has 0 aromatic carbocycles. The molecule has 0 aromatic heterocycles. The summed E-state index contributed by atoms with van der Waals surface area (Å²) < 4.78 is 11.9. The van der Waals surface area contributed by atoms with Crippen LogP contribution >= 0.6 is 0 Å². The summed E-state index contributed by atoms with van der Waals surface area (Å²) in [7, 11) is 2.03. The smallest absolute Gasteiger partial charge is 0.0898 e. The molecule has 0 bridgehead atoms. The van der Waals surface area contributed by atoms with E-state index in [1.807, 2.05) is 7.05 Å². The molecular formula is C7H15FN2. The lowest BCUT2D eigenvalue weighted by atomic mass is 10.0. The zero-order valence-electron chi connectivity index (χ0n) is 6.39. The molecule has 1 heterocycles. The molecule has 3 heteroatoms. The van der Waals surface area contributed by atoms with Crippen LogP contribution in [0.4, 0.5) is 4.39 Å². The van der Waals surface area contributed by atoms with Crippen molar-refractivity contribution >= 4 is 0 Å². The number of likely N-dealkylation sites (tertiary alicyclic amines) is 1. The third-order valence-electron chi connectivity index (χ3n) is 2.15. The third kappa shape index (κ3) is 1.67. The summed E-state index contributed by atoms with van der Waals surface area (Å²) in [6.07, 6.45) is 0.630. The fourth-order valence-electron chi connectivity index (χ4n) is 1.56. The van der Waals surface area contributed by atoms with Crippen molar-refractivity contribution in [2.45, 2.75) is 12.5 Å². The summed E-state index contributed by atoms with van der Waals surface area (Å²) in [6, 6.07) is 0.195. The van der Waals surface area contributed by atoms with Crippen LogP contribution in [0.25, 0.3) is 0 Å². The first-order valence-corrected chi connectivity index (χ1v) is 3.74. The first-order valence-electron chi connectivity index (χ1n) is 3.74. The molecule has 1 rings (SSSR count). The van der Waals surface area contributed by atoms with E-state index in [2.05, 4.69) is 4.90 Å². The van der Waals surface area contributed by atoms with Crippen LogP contribution in [0.15, 0.2) is 0 Å². The molecule has 2 unspecified atom stereocenters. The topological polar surface area (TPSA) is 29.3 Å². The summed E-state index contributed by atoms with van der Waals surface area (Å²) in [4.78, 5) is 2.16. The standard InChI is InChI=1S/C7H15FN2/c1-10-4-6(2-3-8)7(9)5-10/h6-7H,2-5,9H2,1H3. The molecule has 2 nitrogen and oxygen atoms in total. The van der Waals surface area contributed by atoms with E-state index in [9.17, 15) is 4.39 Å². The maximum absolute atomic E-state index is 11.9. The van der Waals surface area contributed by atoms with Gasteiger partial charge < -0.3 is 10.6 Å². The van der Waals surface area contributed by atoms with Crippen LogP contribution in [0, 0.1) is 5.92 Å². The van der Waals surface area contributed by atoms with E-state index in [4.69, 9.17) is 5.73 Å². The van der Waals surface area contributed by atoms with Gasteiger partial charge in [0.05, 0.1) is 6.67 Å². The van der Waals surface area contributed by atoms with Crippen LogP contribution in [0.1, 0.15) is 6.42 Å². The largest absolute Gasteiger partial charge is 0.326 e. The van der Waals surface area contributed by atoms with Gasteiger partial charge in [0.1, 0.15) is 0 Å². The summed E-state index contributed by atoms with van der Waals surface area (Å²) in [5.41, 5.74) is 5.75. The Morgan fingerprint density at radius 3 is 2.70 bits per heavy atom. The number of nitrogens with zero attached hydrogens (tertiary/aromatic N) is 1. The molecular weight excluding hydrogens is 131 g/mol. The van der Waals surface area contributed by atoms with Gasteiger partial charge in [-0.25, -0.2) is 0 Å². The van der Waals surface area contributed by atoms with Crippen molar-refractivity contribution in [3.63, 3.8) is 0 Å². The molecule has 0 saturated carbocycles. The molecule has 1 aliphatic rings. The number of likely N-dealkylation sites (N-methyl/N-ethyl adjacent to an activating group) is 1. The molecule has 1 fully saturated rings. The van der Waals surface area contributed by atoms with Crippen molar-refractivity contribution in [1.29, 1.82) is 0 Å². The lowest BCUT2D eigenvalue weighted by Crippen LogP contribution is -2.29. The first-order chi connectivity index (χ1) is 4.74.